The first kappa shape index (κ1) is 17.9. The van der Waals surface area contributed by atoms with E-state index < -0.39 is 15.9 Å². The van der Waals surface area contributed by atoms with Crippen LogP contribution in [0.15, 0.2) is 17.5 Å². The van der Waals surface area contributed by atoms with Gasteiger partial charge in [0.05, 0.1) is 16.4 Å². The molecule has 1 N–H and O–H groups in total. The van der Waals surface area contributed by atoms with E-state index in [1.165, 1.54) is 11.3 Å². The SMILES string of the molecule is CC(C)C[C@H](NC(=O)c1cccs1)C(=O)N1CCS(=O)(=O)CC1. The highest BCUT2D eigenvalue weighted by Gasteiger charge is 2.31. The van der Waals surface area contributed by atoms with E-state index in [-0.39, 0.29) is 42.3 Å². The summed E-state index contributed by atoms with van der Waals surface area (Å²) in [5.74, 6) is -0.235. The number of hydrogen-bond acceptors (Lipinski definition) is 5. The summed E-state index contributed by atoms with van der Waals surface area (Å²) in [6.45, 7) is 4.37. The zero-order chi connectivity index (χ0) is 17.0. The fourth-order valence-corrected chi connectivity index (χ4v) is 4.31. The number of nitrogens with one attached hydrogen (secondary N) is 1. The maximum Gasteiger partial charge on any atom is 0.261 e. The Morgan fingerprint density at radius 2 is 1.96 bits per heavy atom. The van der Waals surface area contributed by atoms with Gasteiger partial charge in [-0.2, -0.15) is 0 Å². The third kappa shape index (κ3) is 5.04. The molecular formula is C15H22N2O4S2. The molecule has 8 heteroatoms. The van der Waals surface area contributed by atoms with Crippen molar-refractivity contribution in [3.63, 3.8) is 0 Å². The molecule has 2 heterocycles. The maximum atomic E-state index is 12.7. The number of carbonyl (C=O) groups is 2. The van der Waals surface area contributed by atoms with Crippen LogP contribution >= 0.6 is 11.3 Å². The van der Waals surface area contributed by atoms with Crippen LogP contribution in [0.25, 0.3) is 0 Å². The quantitative estimate of drug-likeness (QED) is 0.856. The molecule has 1 aromatic rings. The molecule has 6 nitrogen and oxygen atoms in total. The summed E-state index contributed by atoms with van der Waals surface area (Å²) >= 11 is 1.32. The van der Waals surface area contributed by atoms with Gasteiger partial charge in [0.1, 0.15) is 6.04 Å². The molecule has 0 aromatic carbocycles. The van der Waals surface area contributed by atoms with Crippen molar-refractivity contribution in [3.05, 3.63) is 22.4 Å². The van der Waals surface area contributed by atoms with Gasteiger partial charge < -0.3 is 10.2 Å². The Labute approximate surface area is 140 Å². The lowest BCUT2D eigenvalue weighted by molar-refractivity contribution is -0.133. The zero-order valence-corrected chi connectivity index (χ0v) is 15.0. The predicted molar refractivity (Wildman–Crippen MR) is 90.3 cm³/mol. The summed E-state index contributed by atoms with van der Waals surface area (Å²) in [5, 5.41) is 4.61. The van der Waals surface area contributed by atoms with E-state index in [0.29, 0.717) is 11.3 Å². The van der Waals surface area contributed by atoms with Gasteiger partial charge in [-0.15, -0.1) is 11.3 Å². The second-order valence-corrected chi connectivity index (χ2v) is 9.36. The molecule has 0 spiro atoms. The van der Waals surface area contributed by atoms with E-state index in [9.17, 15) is 18.0 Å². The van der Waals surface area contributed by atoms with Gasteiger partial charge in [-0.1, -0.05) is 19.9 Å². The van der Waals surface area contributed by atoms with Crippen LogP contribution in [0, 0.1) is 5.92 Å². The van der Waals surface area contributed by atoms with Crippen LogP contribution in [0.3, 0.4) is 0 Å². The van der Waals surface area contributed by atoms with Crippen LogP contribution in [0.1, 0.15) is 29.9 Å². The molecule has 1 saturated heterocycles. The highest BCUT2D eigenvalue weighted by Crippen LogP contribution is 2.14. The number of amides is 2. The molecule has 2 amide bonds. The molecule has 2 rings (SSSR count). The second kappa shape index (κ2) is 7.44. The summed E-state index contributed by atoms with van der Waals surface area (Å²) in [4.78, 5) is 27.0. The van der Waals surface area contributed by atoms with Gasteiger partial charge in [0.25, 0.3) is 5.91 Å². The zero-order valence-electron chi connectivity index (χ0n) is 13.3. The van der Waals surface area contributed by atoms with Crippen LogP contribution in [0.2, 0.25) is 0 Å². The smallest absolute Gasteiger partial charge is 0.261 e. The van der Waals surface area contributed by atoms with Gasteiger partial charge >= 0.3 is 0 Å². The monoisotopic (exact) mass is 358 g/mol. The number of nitrogens with zero attached hydrogens (tertiary/aromatic N) is 1. The summed E-state index contributed by atoms with van der Waals surface area (Å²) < 4.78 is 23.0. The minimum absolute atomic E-state index is 0.00793. The average molecular weight is 358 g/mol. The lowest BCUT2D eigenvalue weighted by Crippen LogP contribution is -2.53. The Morgan fingerprint density at radius 1 is 1.30 bits per heavy atom. The van der Waals surface area contributed by atoms with Crippen LogP contribution in [0.5, 0.6) is 0 Å². The topological polar surface area (TPSA) is 83.6 Å². The predicted octanol–water partition coefficient (Wildman–Crippen LogP) is 1.15. The van der Waals surface area contributed by atoms with Gasteiger partial charge in [-0.05, 0) is 23.8 Å². The standard InChI is InChI=1S/C15H22N2O4S2/c1-11(2)10-12(16-14(18)13-4-3-7-22-13)15(19)17-5-8-23(20,21)9-6-17/h3-4,7,11-12H,5-6,8-10H2,1-2H3,(H,16,18)/t12-/m0/s1. The first-order valence-corrected chi connectivity index (χ1v) is 10.3. The average Bonchev–Trinajstić information content (AvgIpc) is 2.99. The summed E-state index contributed by atoms with van der Waals surface area (Å²) in [7, 11) is -3.04. The Kier molecular flexibility index (Phi) is 5.80. The van der Waals surface area contributed by atoms with E-state index in [0.717, 1.165) is 0 Å². The van der Waals surface area contributed by atoms with Crippen molar-refractivity contribution in [3.8, 4) is 0 Å². The van der Waals surface area contributed by atoms with Gasteiger partial charge in [-0.25, -0.2) is 8.42 Å². The summed E-state index contributed by atoms with van der Waals surface area (Å²) in [6, 6.07) is 2.88. The molecule has 0 radical (unpaired) electrons. The van der Waals surface area contributed by atoms with Crippen LogP contribution in [-0.4, -0.2) is 55.8 Å². The molecule has 1 aromatic heterocycles. The highest BCUT2D eigenvalue weighted by molar-refractivity contribution is 7.91. The summed E-state index contributed by atoms with van der Waals surface area (Å²) in [5.41, 5.74) is 0. The van der Waals surface area contributed by atoms with E-state index in [1.807, 2.05) is 19.2 Å². The highest BCUT2D eigenvalue weighted by atomic mass is 32.2. The number of thiophene rings is 1. The van der Waals surface area contributed by atoms with E-state index in [1.54, 1.807) is 17.0 Å². The second-order valence-electron chi connectivity index (χ2n) is 6.11. The molecular weight excluding hydrogens is 336 g/mol. The van der Waals surface area contributed by atoms with Gasteiger partial charge in [0.2, 0.25) is 5.91 Å². The number of carbonyl (C=O) groups excluding carboxylic acids is 2. The molecule has 0 saturated carbocycles. The largest absolute Gasteiger partial charge is 0.340 e. The molecule has 1 aliphatic rings. The number of rotatable bonds is 5. The molecule has 0 bridgehead atoms. The van der Waals surface area contributed by atoms with Crippen LogP contribution in [0.4, 0.5) is 0 Å². The first-order chi connectivity index (χ1) is 10.8. The Balaban J connectivity index is 2.05. The first-order valence-electron chi connectivity index (χ1n) is 7.62. The van der Waals surface area contributed by atoms with Crippen LogP contribution < -0.4 is 5.32 Å². The minimum atomic E-state index is -3.04. The lowest BCUT2D eigenvalue weighted by Gasteiger charge is -2.31. The van der Waals surface area contributed by atoms with E-state index in [2.05, 4.69) is 5.32 Å². The molecule has 128 valence electrons. The Morgan fingerprint density at radius 3 is 2.48 bits per heavy atom. The van der Waals surface area contributed by atoms with Crippen molar-refractivity contribution < 1.29 is 18.0 Å². The van der Waals surface area contributed by atoms with Gasteiger partial charge in [0, 0.05) is 13.1 Å². The van der Waals surface area contributed by atoms with Crippen LogP contribution in [-0.2, 0) is 14.6 Å². The molecule has 23 heavy (non-hydrogen) atoms. The van der Waals surface area contributed by atoms with Gasteiger partial charge in [-0.3, -0.25) is 9.59 Å². The van der Waals surface area contributed by atoms with Gasteiger partial charge in [0.15, 0.2) is 9.84 Å². The molecule has 0 unspecified atom stereocenters. The third-order valence-electron chi connectivity index (χ3n) is 3.71. The van der Waals surface area contributed by atoms with E-state index in [4.69, 9.17) is 0 Å². The number of hydrogen-bond donors (Lipinski definition) is 1. The number of sulfone groups is 1. The van der Waals surface area contributed by atoms with Crippen molar-refractivity contribution in [1.29, 1.82) is 0 Å². The van der Waals surface area contributed by atoms with E-state index >= 15 is 0 Å². The third-order valence-corrected chi connectivity index (χ3v) is 6.19. The maximum absolute atomic E-state index is 12.7. The van der Waals surface area contributed by atoms with Crippen molar-refractivity contribution in [2.24, 2.45) is 5.92 Å². The Bertz CT molecular complexity index is 639. The minimum Gasteiger partial charge on any atom is -0.340 e. The molecule has 0 aliphatic carbocycles. The lowest BCUT2D eigenvalue weighted by atomic mass is 10.0. The van der Waals surface area contributed by atoms with Crippen molar-refractivity contribution in [1.82, 2.24) is 10.2 Å². The molecule has 1 fully saturated rings. The fraction of sp³-hybridized carbons (Fsp3) is 0.600. The Hall–Kier alpha value is -1.41. The summed E-state index contributed by atoms with van der Waals surface area (Å²) in [6.07, 6.45) is 0.527. The fourth-order valence-electron chi connectivity index (χ4n) is 2.48. The van der Waals surface area contributed by atoms with Crippen molar-refractivity contribution in [2.45, 2.75) is 26.3 Å². The normalized spacial score (nSPS) is 18.7. The van der Waals surface area contributed by atoms with Crippen molar-refractivity contribution >= 4 is 33.0 Å². The van der Waals surface area contributed by atoms with Crippen molar-refractivity contribution in [2.75, 3.05) is 24.6 Å². The molecule has 1 atom stereocenters. The molecule has 1 aliphatic heterocycles.